The summed E-state index contributed by atoms with van der Waals surface area (Å²) in [4.78, 5) is 0. The van der Waals surface area contributed by atoms with Crippen molar-refractivity contribution in [2.24, 2.45) is 5.92 Å². The zero-order chi connectivity index (χ0) is 12.1. The van der Waals surface area contributed by atoms with Crippen molar-refractivity contribution < 1.29 is 13.2 Å². The van der Waals surface area contributed by atoms with E-state index in [1.54, 1.807) is 0 Å². The summed E-state index contributed by atoms with van der Waals surface area (Å²) in [7, 11) is -3.11. The van der Waals surface area contributed by atoms with Crippen LogP contribution in [0.5, 0.6) is 0 Å². The Morgan fingerprint density at radius 1 is 1.35 bits per heavy atom. The van der Waals surface area contributed by atoms with Crippen molar-refractivity contribution in [2.45, 2.75) is 31.7 Å². The quantitative estimate of drug-likeness (QED) is 0.711. The van der Waals surface area contributed by atoms with Crippen LogP contribution in [0.4, 0.5) is 0 Å². The van der Waals surface area contributed by atoms with E-state index in [-0.39, 0.29) is 11.7 Å². The second-order valence-corrected chi connectivity index (χ2v) is 6.84. The average molecular weight is 262 g/mol. The lowest BCUT2D eigenvalue weighted by Crippen LogP contribution is -2.34. The van der Waals surface area contributed by atoms with E-state index in [2.05, 4.69) is 10.0 Å². The summed E-state index contributed by atoms with van der Waals surface area (Å²) in [5, 5.41) is 3.36. The van der Waals surface area contributed by atoms with Crippen molar-refractivity contribution in [3.63, 3.8) is 0 Å². The fourth-order valence-corrected chi connectivity index (χ4v) is 3.91. The highest BCUT2D eigenvalue weighted by Gasteiger charge is 2.23. The number of hydrogen-bond acceptors (Lipinski definition) is 4. The van der Waals surface area contributed by atoms with Gasteiger partial charge >= 0.3 is 0 Å². The first-order valence-electron chi connectivity index (χ1n) is 6.44. The second kappa shape index (κ2) is 6.13. The minimum atomic E-state index is -3.11. The molecular formula is C11H22N2O3S. The van der Waals surface area contributed by atoms with Crippen LogP contribution in [-0.2, 0) is 14.8 Å². The average Bonchev–Trinajstić information content (AvgIpc) is 2.89. The molecule has 0 aromatic heterocycles. The van der Waals surface area contributed by atoms with Gasteiger partial charge in [0, 0.05) is 19.2 Å². The fourth-order valence-electron chi connectivity index (χ4n) is 2.48. The molecule has 2 aliphatic heterocycles. The normalized spacial score (nSPS) is 29.9. The van der Waals surface area contributed by atoms with E-state index in [1.165, 1.54) is 6.42 Å². The van der Waals surface area contributed by atoms with Crippen molar-refractivity contribution in [1.29, 1.82) is 0 Å². The van der Waals surface area contributed by atoms with Gasteiger partial charge in [-0.25, -0.2) is 13.1 Å². The molecule has 2 rings (SSSR count). The van der Waals surface area contributed by atoms with Crippen molar-refractivity contribution in [3.8, 4) is 0 Å². The molecule has 0 radical (unpaired) electrons. The molecule has 2 N–H and O–H groups in total. The summed E-state index contributed by atoms with van der Waals surface area (Å²) in [6.45, 7) is 2.90. The number of nitrogens with one attached hydrogen (secondary N) is 2. The summed E-state index contributed by atoms with van der Waals surface area (Å²) < 4.78 is 31.4. The lowest BCUT2D eigenvalue weighted by molar-refractivity contribution is 0.188. The van der Waals surface area contributed by atoms with Gasteiger partial charge in [0.2, 0.25) is 10.0 Å². The third-order valence-corrected chi connectivity index (χ3v) is 5.01. The van der Waals surface area contributed by atoms with E-state index in [9.17, 15) is 8.42 Å². The van der Waals surface area contributed by atoms with E-state index in [0.29, 0.717) is 25.8 Å². The van der Waals surface area contributed by atoms with Crippen molar-refractivity contribution in [3.05, 3.63) is 0 Å². The van der Waals surface area contributed by atoms with Crippen LogP contribution in [0.15, 0.2) is 0 Å². The van der Waals surface area contributed by atoms with Gasteiger partial charge in [0.1, 0.15) is 0 Å². The highest BCUT2D eigenvalue weighted by Crippen LogP contribution is 2.14. The molecule has 1 unspecified atom stereocenters. The molecule has 2 atom stereocenters. The molecule has 5 nitrogen and oxygen atoms in total. The number of ether oxygens (including phenoxy) is 1. The Kier molecular flexibility index (Phi) is 4.78. The molecule has 0 amide bonds. The third kappa shape index (κ3) is 4.54. The lowest BCUT2D eigenvalue weighted by Gasteiger charge is -2.12. The zero-order valence-corrected chi connectivity index (χ0v) is 11.0. The maximum absolute atomic E-state index is 11.8. The molecule has 100 valence electrons. The predicted octanol–water partition coefficient (Wildman–Crippen LogP) is 0.0844. The molecule has 0 bridgehead atoms. The van der Waals surface area contributed by atoms with Crippen molar-refractivity contribution in [1.82, 2.24) is 10.0 Å². The van der Waals surface area contributed by atoms with Gasteiger partial charge in [-0.2, -0.15) is 0 Å². The summed E-state index contributed by atoms with van der Waals surface area (Å²) >= 11 is 0. The summed E-state index contributed by atoms with van der Waals surface area (Å²) in [5.74, 6) is 0.391. The van der Waals surface area contributed by atoms with Crippen LogP contribution in [0.1, 0.15) is 25.7 Å². The van der Waals surface area contributed by atoms with E-state index >= 15 is 0 Å². The monoisotopic (exact) mass is 262 g/mol. The summed E-state index contributed by atoms with van der Waals surface area (Å²) in [6.07, 6.45) is 4.13. The van der Waals surface area contributed by atoms with Gasteiger partial charge in [-0.05, 0) is 38.1 Å². The first-order valence-corrected chi connectivity index (χ1v) is 8.09. The maximum atomic E-state index is 11.8. The Morgan fingerprint density at radius 2 is 2.24 bits per heavy atom. The summed E-state index contributed by atoms with van der Waals surface area (Å²) in [6, 6.07) is 0.493. The SMILES string of the molecule is O=S(=O)(CC1CCOC1)NCC[C@H]1CCCN1. The maximum Gasteiger partial charge on any atom is 0.211 e. The van der Waals surface area contributed by atoms with Gasteiger partial charge in [0.05, 0.1) is 12.4 Å². The molecule has 2 aliphatic rings. The third-order valence-electron chi connectivity index (χ3n) is 3.46. The van der Waals surface area contributed by atoms with Gasteiger partial charge in [-0.3, -0.25) is 0 Å². The molecule has 0 aromatic rings. The van der Waals surface area contributed by atoms with Crippen LogP contribution >= 0.6 is 0 Å². The molecule has 0 aliphatic carbocycles. The Morgan fingerprint density at radius 3 is 2.88 bits per heavy atom. The topological polar surface area (TPSA) is 67.4 Å². The molecule has 0 aromatic carbocycles. The van der Waals surface area contributed by atoms with Crippen LogP contribution in [0, 0.1) is 5.92 Å². The number of hydrogen-bond donors (Lipinski definition) is 2. The van der Waals surface area contributed by atoms with Crippen LogP contribution in [0.2, 0.25) is 0 Å². The lowest BCUT2D eigenvalue weighted by atomic mass is 10.2. The fraction of sp³-hybridized carbons (Fsp3) is 1.00. The molecule has 0 spiro atoms. The van der Waals surface area contributed by atoms with E-state index in [0.717, 1.165) is 25.8 Å². The van der Waals surface area contributed by atoms with Gasteiger partial charge in [-0.15, -0.1) is 0 Å². The number of sulfonamides is 1. The molecule has 6 heteroatoms. The largest absolute Gasteiger partial charge is 0.381 e. The zero-order valence-electron chi connectivity index (χ0n) is 10.2. The minimum Gasteiger partial charge on any atom is -0.381 e. The first-order chi connectivity index (χ1) is 8.16. The Balaban J connectivity index is 1.65. The second-order valence-electron chi connectivity index (χ2n) is 4.99. The van der Waals surface area contributed by atoms with E-state index in [1.807, 2.05) is 0 Å². The van der Waals surface area contributed by atoms with Gasteiger partial charge in [0.15, 0.2) is 0 Å². The molecule has 17 heavy (non-hydrogen) atoms. The molecule has 0 saturated carbocycles. The summed E-state index contributed by atoms with van der Waals surface area (Å²) in [5.41, 5.74) is 0. The van der Waals surface area contributed by atoms with Crippen molar-refractivity contribution in [2.75, 3.05) is 32.1 Å². The van der Waals surface area contributed by atoms with Crippen molar-refractivity contribution >= 4 is 10.0 Å². The first kappa shape index (κ1) is 13.3. The van der Waals surface area contributed by atoms with Gasteiger partial charge in [0.25, 0.3) is 0 Å². The Labute approximate surface area is 103 Å². The van der Waals surface area contributed by atoms with E-state index < -0.39 is 10.0 Å². The smallest absolute Gasteiger partial charge is 0.211 e. The highest BCUT2D eigenvalue weighted by molar-refractivity contribution is 7.89. The van der Waals surface area contributed by atoms with Crippen LogP contribution in [0.25, 0.3) is 0 Å². The Hall–Kier alpha value is -0.170. The molecule has 2 fully saturated rings. The van der Waals surface area contributed by atoms with E-state index in [4.69, 9.17) is 4.74 Å². The van der Waals surface area contributed by atoms with Crippen LogP contribution < -0.4 is 10.0 Å². The molecular weight excluding hydrogens is 240 g/mol. The molecule has 2 saturated heterocycles. The van der Waals surface area contributed by atoms with Crippen LogP contribution in [0.3, 0.4) is 0 Å². The predicted molar refractivity (Wildman–Crippen MR) is 66.4 cm³/mol. The van der Waals surface area contributed by atoms with Gasteiger partial charge < -0.3 is 10.1 Å². The van der Waals surface area contributed by atoms with Crippen LogP contribution in [-0.4, -0.2) is 46.5 Å². The number of rotatable bonds is 6. The Bertz CT molecular complexity index is 320. The van der Waals surface area contributed by atoms with Gasteiger partial charge in [-0.1, -0.05) is 0 Å². The standard InChI is InChI=1S/C11H22N2O3S/c14-17(15,9-10-4-7-16-8-10)13-6-3-11-2-1-5-12-11/h10-13H,1-9H2/t10?,11-/m1/s1. The highest BCUT2D eigenvalue weighted by atomic mass is 32.2. The minimum absolute atomic E-state index is 0.178. The molecule has 2 heterocycles.